The maximum atomic E-state index is 10.9. The van der Waals surface area contributed by atoms with Crippen molar-refractivity contribution in [2.45, 2.75) is 46.5 Å². The van der Waals surface area contributed by atoms with Gasteiger partial charge in [0.1, 0.15) is 24.7 Å². The minimum Gasteiger partial charge on any atom is -0.490 e. The minimum atomic E-state index is -1.02. The van der Waals surface area contributed by atoms with Gasteiger partial charge in [0.15, 0.2) is 0 Å². The molecule has 2 aromatic carbocycles. The Morgan fingerprint density at radius 2 is 1.57 bits per heavy atom. The highest BCUT2D eigenvalue weighted by molar-refractivity contribution is 5.89. The van der Waals surface area contributed by atoms with Gasteiger partial charge in [0.05, 0.1) is 11.3 Å². The first-order chi connectivity index (χ1) is 13.0. The van der Waals surface area contributed by atoms with Gasteiger partial charge in [-0.05, 0) is 53.1 Å². The standard InChI is InChI=1S/C23H31NO4/c1-22(2,3)15-23(4,5)17-7-9-18(10-8-17)27-12-13-28-20-11-6-16(21(25)26)14-19(20)24/h6-11,14H,12-13,15,24H2,1-5H3,(H,25,26). The molecule has 0 amide bonds. The first-order valence-electron chi connectivity index (χ1n) is 9.47. The van der Waals surface area contributed by atoms with E-state index in [1.54, 1.807) is 6.07 Å². The number of aromatic carboxylic acids is 1. The van der Waals surface area contributed by atoms with Crippen LogP contribution < -0.4 is 15.2 Å². The van der Waals surface area contributed by atoms with E-state index in [0.29, 0.717) is 24.7 Å². The summed E-state index contributed by atoms with van der Waals surface area (Å²) in [7, 11) is 0. The van der Waals surface area contributed by atoms with Crippen LogP contribution in [0.25, 0.3) is 0 Å². The molecule has 2 rings (SSSR count). The fourth-order valence-corrected chi connectivity index (χ4v) is 3.55. The molecule has 0 radical (unpaired) electrons. The lowest BCUT2D eigenvalue weighted by Gasteiger charge is -2.33. The summed E-state index contributed by atoms with van der Waals surface area (Å²) < 4.78 is 11.3. The predicted molar refractivity (Wildman–Crippen MR) is 112 cm³/mol. The number of hydrogen-bond donors (Lipinski definition) is 2. The Bertz CT molecular complexity index is 804. The van der Waals surface area contributed by atoms with Crippen LogP contribution in [-0.2, 0) is 5.41 Å². The molecule has 152 valence electrons. The zero-order valence-corrected chi connectivity index (χ0v) is 17.4. The Balaban J connectivity index is 1.86. The number of benzene rings is 2. The molecule has 28 heavy (non-hydrogen) atoms. The van der Waals surface area contributed by atoms with Gasteiger partial charge in [-0.25, -0.2) is 4.79 Å². The Kier molecular flexibility index (Phi) is 6.60. The van der Waals surface area contributed by atoms with E-state index in [1.165, 1.54) is 17.7 Å². The number of carboxylic acids is 1. The van der Waals surface area contributed by atoms with Crippen molar-refractivity contribution in [3.63, 3.8) is 0 Å². The highest BCUT2D eigenvalue weighted by Gasteiger charge is 2.27. The Morgan fingerprint density at radius 3 is 2.11 bits per heavy atom. The Morgan fingerprint density at radius 1 is 0.964 bits per heavy atom. The van der Waals surface area contributed by atoms with Crippen molar-refractivity contribution < 1.29 is 19.4 Å². The van der Waals surface area contributed by atoms with Crippen LogP contribution in [0.2, 0.25) is 0 Å². The van der Waals surface area contributed by atoms with Crippen LogP contribution in [0.1, 0.15) is 57.0 Å². The van der Waals surface area contributed by atoms with Crippen molar-refractivity contribution in [2.75, 3.05) is 18.9 Å². The van der Waals surface area contributed by atoms with Gasteiger partial charge in [0.25, 0.3) is 0 Å². The summed E-state index contributed by atoms with van der Waals surface area (Å²) in [5.74, 6) is 0.219. The quantitative estimate of drug-likeness (QED) is 0.486. The van der Waals surface area contributed by atoms with Crippen LogP contribution in [0.3, 0.4) is 0 Å². The lowest BCUT2D eigenvalue weighted by atomic mass is 9.72. The van der Waals surface area contributed by atoms with Gasteiger partial charge < -0.3 is 20.3 Å². The molecule has 0 saturated heterocycles. The highest BCUT2D eigenvalue weighted by Crippen LogP contribution is 2.36. The van der Waals surface area contributed by atoms with E-state index >= 15 is 0 Å². The van der Waals surface area contributed by atoms with E-state index in [-0.39, 0.29) is 16.4 Å². The highest BCUT2D eigenvalue weighted by atomic mass is 16.5. The van der Waals surface area contributed by atoms with E-state index in [4.69, 9.17) is 20.3 Å². The molecule has 0 saturated carbocycles. The first-order valence-corrected chi connectivity index (χ1v) is 9.47. The molecule has 0 bridgehead atoms. The van der Waals surface area contributed by atoms with Gasteiger partial charge in [0.2, 0.25) is 0 Å². The fraction of sp³-hybridized carbons (Fsp3) is 0.435. The summed E-state index contributed by atoms with van der Waals surface area (Å²) >= 11 is 0. The van der Waals surface area contributed by atoms with E-state index in [1.807, 2.05) is 12.1 Å². The molecule has 0 aliphatic carbocycles. The van der Waals surface area contributed by atoms with Crippen LogP contribution in [0.15, 0.2) is 42.5 Å². The SMILES string of the molecule is CC(C)(C)CC(C)(C)c1ccc(OCCOc2ccc(C(=O)O)cc2N)cc1. The monoisotopic (exact) mass is 385 g/mol. The number of nitrogen functional groups attached to an aromatic ring is 1. The molecule has 0 aliphatic rings. The van der Waals surface area contributed by atoms with Gasteiger partial charge in [0, 0.05) is 0 Å². The molecule has 5 nitrogen and oxygen atoms in total. The third-order valence-corrected chi connectivity index (χ3v) is 4.47. The summed E-state index contributed by atoms with van der Waals surface area (Å²) in [6.07, 6.45) is 1.09. The molecule has 0 spiro atoms. The molecule has 0 heterocycles. The minimum absolute atomic E-state index is 0.0968. The van der Waals surface area contributed by atoms with Gasteiger partial charge >= 0.3 is 5.97 Å². The van der Waals surface area contributed by atoms with Crippen molar-refractivity contribution >= 4 is 11.7 Å². The van der Waals surface area contributed by atoms with Crippen LogP contribution in [0, 0.1) is 5.41 Å². The third kappa shape index (κ3) is 6.19. The average Bonchev–Trinajstić information content (AvgIpc) is 2.58. The largest absolute Gasteiger partial charge is 0.490 e. The van der Waals surface area contributed by atoms with Gasteiger partial charge in [-0.1, -0.05) is 46.8 Å². The molecule has 5 heteroatoms. The summed E-state index contributed by atoms with van der Waals surface area (Å²) in [6, 6.07) is 12.6. The predicted octanol–water partition coefficient (Wildman–Crippen LogP) is 5.14. The van der Waals surface area contributed by atoms with Gasteiger partial charge in [-0.3, -0.25) is 0 Å². The van der Waals surface area contributed by atoms with Crippen molar-refractivity contribution in [1.82, 2.24) is 0 Å². The van der Waals surface area contributed by atoms with Crippen molar-refractivity contribution in [2.24, 2.45) is 5.41 Å². The molecule has 3 N–H and O–H groups in total. The number of hydrogen-bond acceptors (Lipinski definition) is 4. The smallest absolute Gasteiger partial charge is 0.335 e. The molecule has 0 aromatic heterocycles. The molecule has 2 aromatic rings. The summed E-state index contributed by atoms with van der Waals surface area (Å²) in [6.45, 7) is 12.0. The maximum Gasteiger partial charge on any atom is 0.335 e. The molecule has 0 aliphatic heterocycles. The Hall–Kier alpha value is -2.69. The second kappa shape index (κ2) is 8.55. The van der Waals surface area contributed by atoms with Crippen molar-refractivity contribution in [1.29, 1.82) is 0 Å². The molecule has 0 fully saturated rings. The molecular formula is C23H31NO4. The average molecular weight is 386 g/mol. The Labute approximate surface area is 167 Å². The zero-order valence-electron chi connectivity index (χ0n) is 17.4. The second-order valence-electron chi connectivity index (χ2n) is 8.90. The van der Waals surface area contributed by atoms with Crippen molar-refractivity contribution in [3.8, 4) is 11.5 Å². The van der Waals surface area contributed by atoms with Crippen LogP contribution in [0.4, 0.5) is 5.69 Å². The second-order valence-corrected chi connectivity index (χ2v) is 8.90. The molecule has 0 atom stereocenters. The fourth-order valence-electron chi connectivity index (χ4n) is 3.55. The number of carboxylic acid groups (broad SMARTS) is 1. The van der Waals surface area contributed by atoms with Crippen LogP contribution in [-0.4, -0.2) is 24.3 Å². The summed E-state index contributed by atoms with van der Waals surface area (Å²) in [4.78, 5) is 10.9. The lowest BCUT2D eigenvalue weighted by molar-refractivity contribution is 0.0697. The van der Waals surface area contributed by atoms with E-state index < -0.39 is 5.97 Å². The summed E-state index contributed by atoms with van der Waals surface area (Å²) in [5, 5.41) is 8.95. The van der Waals surface area contributed by atoms with Crippen LogP contribution in [0.5, 0.6) is 11.5 Å². The first kappa shape index (κ1) is 21.6. The van der Waals surface area contributed by atoms with Crippen LogP contribution >= 0.6 is 0 Å². The number of carbonyl (C=O) groups is 1. The van der Waals surface area contributed by atoms with Gasteiger partial charge in [-0.2, -0.15) is 0 Å². The number of ether oxygens (including phenoxy) is 2. The van der Waals surface area contributed by atoms with E-state index in [2.05, 4.69) is 46.8 Å². The zero-order chi connectivity index (χ0) is 20.9. The molecular weight excluding hydrogens is 354 g/mol. The lowest BCUT2D eigenvalue weighted by Crippen LogP contribution is -2.24. The van der Waals surface area contributed by atoms with Crippen molar-refractivity contribution in [3.05, 3.63) is 53.6 Å². The normalized spacial score (nSPS) is 11.9. The van der Waals surface area contributed by atoms with E-state index in [0.717, 1.165) is 12.2 Å². The molecule has 0 unspecified atom stereocenters. The number of rotatable bonds is 8. The topological polar surface area (TPSA) is 81.8 Å². The maximum absolute atomic E-state index is 10.9. The number of nitrogens with two attached hydrogens (primary N) is 1. The van der Waals surface area contributed by atoms with E-state index in [9.17, 15) is 4.79 Å². The third-order valence-electron chi connectivity index (χ3n) is 4.47. The van der Waals surface area contributed by atoms with Gasteiger partial charge in [-0.15, -0.1) is 0 Å². The summed E-state index contributed by atoms with van der Waals surface area (Å²) in [5.41, 5.74) is 7.91. The number of anilines is 1.